The quantitative estimate of drug-likeness (QED) is 0.0733. The molecule has 0 aromatic carbocycles. The molecule has 0 saturated carbocycles. The van der Waals surface area contributed by atoms with Gasteiger partial charge in [0.05, 0.1) is 39.9 Å². The summed E-state index contributed by atoms with van der Waals surface area (Å²) in [6, 6.07) is 8.31. The number of unbranched alkanes of at least 4 members (excludes halogenated alkanes) is 14. The fraction of sp³-hybridized carbons (Fsp3) is 0.696. The van der Waals surface area contributed by atoms with Gasteiger partial charge in [-0.1, -0.05) is 169 Å². The molecule has 0 aliphatic carbocycles. The van der Waals surface area contributed by atoms with E-state index in [0.717, 1.165) is 41.6 Å². The van der Waals surface area contributed by atoms with Gasteiger partial charge in [-0.2, -0.15) is 0 Å². The van der Waals surface area contributed by atoms with Crippen LogP contribution in [0.1, 0.15) is 192 Å². The second kappa shape index (κ2) is 25.2. The van der Waals surface area contributed by atoms with E-state index in [9.17, 15) is 9.59 Å². The molecule has 2 aromatic heterocycles. The lowest BCUT2D eigenvalue weighted by Gasteiger charge is -2.27. The molecular formula is C46H70Br2N2O2S2. The fourth-order valence-corrected chi connectivity index (χ4v) is 11.4. The van der Waals surface area contributed by atoms with Crippen LogP contribution in [0.3, 0.4) is 0 Å². The molecular weight excluding hydrogens is 836 g/mol. The highest BCUT2D eigenvalue weighted by atomic mass is 79.9. The molecule has 302 valence electrons. The normalized spacial score (nSPS) is 15.7. The van der Waals surface area contributed by atoms with Crippen molar-refractivity contribution in [3.63, 3.8) is 0 Å². The summed E-state index contributed by atoms with van der Waals surface area (Å²) in [6.07, 6.45) is 30.1. The molecule has 0 N–H and O–H groups in total. The lowest BCUT2D eigenvalue weighted by atomic mass is 9.91. The molecule has 4 rings (SSSR count). The summed E-state index contributed by atoms with van der Waals surface area (Å²) in [5.74, 6) is 1.23. The van der Waals surface area contributed by atoms with E-state index in [1.165, 1.54) is 141 Å². The van der Waals surface area contributed by atoms with Crippen LogP contribution in [0.15, 0.2) is 43.0 Å². The smallest absolute Gasteiger partial charge is 0.261 e. The molecule has 2 amide bonds. The lowest BCUT2D eigenvalue weighted by Crippen LogP contribution is -2.32. The van der Waals surface area contributed by atoms with Crippen LogP contribution in [0.2, 0.25) is 0 Å². The number of carbonyl (C=O) groups excluding carboxylic acids is 2. The third-order valence-corrected chi connectivity index (χ3v) is 14.9. The summed E-state index contributed by atoms with van der Waals surface area (Å²) in [7, 11) is 0. The third kappa shape index (κ3) is 13.4. The Morgan fingerprint density at radius 2 is 0.778 bits per heavy atom. The zero-order valence-electron chi connectivity index (χ0n) is 34.1. The molecule has 4 nitrogen and oxygen atoms in total. The van der Waals surface area contributed by atoms with Crippen molar-refractivity contribution in [3.05, 3.63) is 52.7 Å². The highest BCUT2D eigenvalue weighted by Crippen LogP contribution is 2.49. The minimum atomic E-state index is 0.0135. The minimum Gasteiger partial charge on any atom is -0.306 e. The number of amides is 2. The number of thiophene rings is 2. The van der Waals surface area contributed by atoms with Gasteiger partial charge < -0.3 is 9.80 Å². The van der Waals surface area contributed by atoms with Crippen LogP contribution in [-0.4, -0.2) is 34.7 Å². The summed E-state index contributed by atoms with van der Waals surface area (Å²) >= 11 is 10.7. The Morgan fingerprint density at radius 3 is 1.07 bits per heavy atom. The van der Waals surface area contributed by atoms with Crippen molar-refractivity contribution in [2.75, 3.05) is 13.1 Å². The predicted molar refractivity (Wildman–Crippen MR) is 242 cm³/mol. The van der Waals surface area contributed by atoms with Gasteiger partial charge in [0.1, 0.15) is 0 Å². The molecule has 0 fully saturated rings. The van der Waals surface area contributed by atoms with E-state index >= 15 is 0 Å². The highest BCUT2D eigenvalue weighted by Gasteiger charge is 2.49. The summed E-state index contributed by atoms with van der Waals surface area (Å²) in [6.45, 7) is 10.4. The maximum Gasteiger partial charge on any atom is 0.261 e. The SMILES string of the molecule is CCCCCCCC(CCCCCC)CCN1C(=O)C2=C(c3ccc(Br)s3)N(CCC(CCCCCC)CCCCCCC)C(=O)C2=C1c1ccc(Br)s1. The summed E-state index contributed by atoms with van der Waals surface area (Å²) in [4.78, 5) is 35.8. The first-order chi connectivity index (χ1) is 26.3. The van der Waals surface area contributed by atoms with Gasteiger partial charge in [0.2, 0.25) is 0 Å². The van der Waals surface area contributed by atoms with E-state index in [1.807, 2.05) is 9.80 Å². The first-order valence-electron chi connectivity index (χ1n) is 22.0. The number of nitrogens with zero attached hydrogens (tertiary/aromatic N) is 2. The standard InChI is InChI=1S/C46H70Br2N2O2S2/c1-5-9-13-17-21-25-35(23-19-15-11-7-3)31-33-49-43(37-27-29-39(47)53-37)41-42(45(49)51)44(38-28-30-40(48)54-38)50(46(41)52)34-32-36(24-20-16-12-8-4)26-22-18-14-10-6-2/h27-30,35-36H,5-26,31-34H2,1-4H3. The van der Waals surface area contributed by atoms with Crippen molar-refractivity contribution in [2.45, 2.75) is 182 Å². The number of hydrogen-bond donors (Lipinski definition) is 0. The van der Waals surface area contributed by atoms with Crippen LogP contribution in [0.5, 0.6) is 0 Å². The molecule has 0 radical (unpaired) electrons. The van der Waals surface area contributed by atoms with Gasteiger partial charge in [-0.05, 0) is 80.8 Å². The van der Waals surface area contributed by atoms with E-state index < -0.39 is 0 Å². The summed E-state index contributed by atoms with van der Waals surface area (Å²) in [5, 5.41) is 0. The fourth-order valence-electron chi connectivity index (χ4n) is 8.50. The van der Waals surface area contributed by atoms with Crippen LogP contribution in [0.4, 0.5) is 0 Å². The van der Waals surface area contributed by atoms with Gasteiger partial charge in [-0.3, -0.25) is 9.59 Å². The van der Waals surface area contributed by atoms with Crippen molar-refractivity contribution in [1.82, 2.24) is 9.80 Å². The van der Waals surface area contributed by atoms with Gasteiger partial charge in [-0.15, -0.1) is 22.7 Å². The van der Waals surface area contributed by atoms with Crippen LogP contribution < -0.4 is 0 Å². The van der Waals surface area contributed by atoms with Crippen molar-refractivity contribution in [3.8, 4) is 0 Å². The second-order valence-corrected chi connectivity index (χ2v) is 20.9. The molecule has 2 aromatic rings. The maximum atomic E-state index is 14.9. The summed E-state index contributed by atoms with van der Waals surface area (Å²) < 4.78 is 2.04. The Labute approximate surface area is 354 Å². The molecule has 2 aliphatic heterocycles. The topological polar surface area (TPSA) is 40.6 Å². The van der Waals surface area contributed by atoms with Gasteiger partial charge in [0.15, 0.2) is 0 Å². The number of fused-ring (bicyclic) bond motifs is 1. The molecule has 54 heavy (non-hydrogen) atoms. The van der Waals surface area contributed by atoms with E-state index in [0.29, 0.717) is 36.1 Å². The van der Waals surface area contributed by atoms with Crippen molar-refractivity contribution in [1.29, 1.82) is 0 Å². The van der Waals surface area contributed by atoms with Crippen molar-refractivity contribution < 1.29 is 9.59 Å². The van der Waals surface area contributed by atoms with Crippen LogP contribution in [0, 0.1) is 11.8 Å². The number of rotatable bonds is 30. The van der Waals surface area contributed by atoms with Gasteiger partial charge >= 0.3 is 0 Å². The van der Waals surface area contributed by atoms with Crippen LogP contribution >= 0.6 is 54.5 Å². The maximum absolute atomic E-state index is 14.9. The van der Waals surface area contributed by atoms with Gasteiger partial charge in [0.25, 0.3) is 11.8 Å². The first-order valence-corrected chi connectivity index (χ1v) is 25.2. The molecule has 0 spiro atoms. The van der Waals surface area contributed by atoms with Crippen molar-refractivity contribution in [2.24, 2.45) is 11.8 Å². The average molecular weight is 907 g/mol. The molecule has 2 aliphatic rings. The second-order valence-electron chi connectivity index (χ2n) is 16.0. The van der Waals surface area contributed by atoms with E-state index in [-0.39, 0.29) is 11.8 Å². The Balaban J connectivity index is 1.62. The van der Waals surface area contributed by atoms with E-state index in [1.54, 1.807) is 22.7 Å². The van der Waals surface area contributed by atoms with Gasteiger partial charge in [-0.25, -0.2) is 0 Å². The van der Waals surface area contributed by atoms with Crippen LogP contribution in [0.25, 0.3) is 11.4 Å². The molecule has 2 atom stereocenters. The van der Waals surface area contributed by atoms with E-state index in [4.69, 9.17) is 0 Å². The Bertz CT molecular complexity index is 1380. The number of halogens is 2. The minimum absolute atomic E-state index is 0.0135. The zero-order valence-corrected chi connectivity index (χ0v) is 38.9. The van der Waals surface area contributed by atoms with Crippen LogP contribution in [-0.2, 0) is 9.59 Å². The Hall–Kier alpha value is -1.22. The average Bonchev–Trinajstić information content (AvgIpc) is 3.93. The summed E-state index contributed by atoms with van der Waals surface area (Å²) in [5.41, 5.74) is 2.94. The first kappa shape index (κ1) is 45.5. The third-order valence-electron chi connectivity index (χ3n) is 11.7. The predicted octanol–water partition coefficient (Wildman–Crippen LogP) is 15.8. The largest absolute Gasteiger partial charge is 0.306 e. The molecule has 8 heteroatoms. The number of carbonyl (C=O) groups is 2. The lowest BCUT2D eigenvalue weighted by molar-refractivity contribution is -0.124. The van der Waals surface area contributed by atoms with Gasteiger partial charge in [0, 0.05) is 13.1 Å². The molecule has 2 unspecified atom stereocenters. The Morgan fingerprint density at radius 1 is 0.463 bits per heavy atom. The highest BCUT2D eigenvalue weighted by molar-refractivity contribution is 9.11. The Kier molecular flexibility index (Phi) is 21.2. The number of hydrogen-bond acceptors (Lipinski definition) is 4. The van der Waals surface area contributed by atoms with E-state index in [2.05, 4.69) is 83.8 Å². The van der Waals surface area contributed by atoms with Crippen molar-refractivity contribution >= 4 is 77.7 Å². The molecule has 0 bridgehead atoms. The monoisotopic (exact) mass is 904 g/mol. The molecule has 0 saturated heterocycles. The zero-order chi connectivity index (χ0) is 38.7. The molecule has 4 heterocycles.